The van der Waals surface area contributed by atoms with Crippen molar-refractivity contribution in [2.45, 2.75) is 70.1 Å². The SMILES string of the molecule is CCCC1=C(C(=O)O)C(c2ccc([N+](=O)[O-])cc2)C(N(C=O)CCCN2CCC(c3ccccc3)(c3ccccc3)CC2)=C(CCC)N1. The Hall–Kier alpha value is -4.76. The maximum atomic E-state index is 12.9. The van der Waals surface area contributed by atoms with E-state index < -0.39 is 16.8 Å². The normalized spacial score (nSPS) is 17.9. The molecule has 5 rings (SSSR count). The van der Waals surface area contributed by atoms with Gasteiger partial charge in [0.05, 0.1) is 22.1 Å². The average Bonchev–Trinajstić information content (AvgIpc) is 3.11. The van der Waals surface area contributed by atoms with Crippen molar-refractivity contribution in [1.82, 2.24) is 15.1 Å². The number of hydrogen-bond acceptors (Lipinski definition) is 6. The first-order chi connectivity index (χ1) is 23.3. The van der Waals surface area contributed by atoms with Gasteiger partial charge in [-0.3, -0.25) is 14.9 Å². The van der Waals surface area contributed by atoms with Crippen molar-refractivity contribution >= 4 is 18.1 Å². The zero-order chi connectivity index (χ0) is 34.1. The Morgan fingerprint density at radius 3 is 2.00 bits per heavy atom. The summed E-state index contributed by atoms with van der Waals surface area (Å²) < 4.78 is 0. The molecule has 1 amide bonds. The number of likely N-dealkylation sites (tertiary alicyclic amines) is 1. The number of nitro groups is 1. The van der Waals surface area contributed by atoms with Crippen LogP contribution in [0.3, 0.4) is 0 Å². The topological polar surface area (TPSA) is 116 Å². The second-order valence-electron chi connectivity index (χ2n) is 12.8. The minimum absolute atomic E-state index is 0.0464. The lowest BCUT2D eigenvalue weighted by molar-refractivity contribution is -0.384. The zero-order valence-electron chi connectivity index (χ0n) is 27.9. The molecule has 2 N–H and O–H groups in total. The molecule has 0 bridgehead atoms. The maximum absolute atomic E-state index is 12.9. The van der Waals surface area contributed by atoms with Crippen LogP contribution in [0.1, 0.15) is 81.4 Å². The Kier molecular flexibility index (Phi) is 11.4. The van der Waals surface area contributed by atoms with Gasteiger partial charge in [0.1, 0.15) is 0 Å². The smallest absolute Gasteiger partial charge is 0.334 e. The molecule has 3 aromatic rings. The van der Waals surface area contributed by atoms with Crippen LogP contribution in [-0.2, 0) is 15.0 Å². The number of carbonyl (C=O) groups is 2. The van der Waals surface area contributed by atoms with E-state index in [-0.39, 0.29) is 16.7 Å². The molecule has 2 aliphatic rings. The molecule has 3 aromatic carbocycles. The number of nitro benzene ring substituents is 1. The predicted molar refractivity (Wildman–Crippen MR) is 187 cm³/mol. The molecule has 0 aliphatic carbocycles. The first-order valence-corrected chi connectivity index (χ1v) is 17.1. The Morgan fingerprint density at radius 2 is 1.50 bits per heavy atom. The fourth-order valence-electron chi connectivity index (χ4n) is 7.50. The number of carbonyl (C=O) groups excluding carboxylic acids is 1. The van der Waals surface area contributed by atoms with E-state index in [0.717, 1.165) is 57.4 Å². The van der Waals surface area contributed by atoms with Crippen LogP contribution < -0.4 is 5.32 Å². The number of piperidine rings is 1. The molecular formula is C39H46N4O5. The molecule has 1 saturated heterocycles. The van der Waals surface area contributed by atoms with Gasteiger partial charge in [-0.05, 0) is 68.4 Å². The van der Waals surface area contributed by atoms with Crippen LogP contribution in [-0.4, -0.2) is 58.4 Å². The number of aliphatic carboxylic acids is 1. The molecule has 0 aromatic heterocycles. The Morgan fingerprint density at radius 1 is 0.938 bits per heavy atom. The number of allylic oxidation sites excluding steroid dienone is 3. The van der Waals surface area contributed by atoms with Gasteiger partial charge in [0, 0.05) is 35.5 Å². The highest BCUT2D eigenvalue weighted by Gasteiger charge is 2.39. The van der Waals surface area contributed by atoms with Gasteiger partial charge in [-0.15, -0.1) is 0 Å². The number of carboxylic acids is 1. The Bertz CT molecular complexity index is 1590. The van der Waals surface area contributed by atoms with Crippen LogP contribution in [0.5, 0.6) is 0 Å². The molecule has 2 aliphatic heterocycles. The van der Waals surface area contributed by atoms with Crippen molar-refractivity contribution in [2.24, 2.45) is 0 Å². The summed E-state index contributed by atoms with van der Waals surface area (Å²) >= 11 is 0. The van der Waals surface area contributed by atoms with Crippen molar-refractivity contribution in [3.63, 3.8) is 0 Å². The molecule has 9 heteroatoms. The third kappa shape index (κ3) is 7.36. The van der Waals surface area contributed by atoms with E-state index in [1.165, 1.54) is 23.3 Å². The summed E-state index contributed by atoms with van der Waals surface area (Å²) in [5, 5.41) is 25.3. The first-order valence-electron chi connectivity index (χ1n) is 17.1. The van der Waals surface area contributed by atoms with Crippen molar-refractivity contribution in [3.8, 4) is 0 Å². The van der Waals surface area contributed by atoms with Crippen LogP contribution in [0, 0.1) is 10.1 Å². The molecular weight excluding hydrogens is 604 g/mol. The molecule has 0 spiro atoms. The van der Waals surface area contributed by atoms with E-state index in [1.54, 1.807) is 17.0 Å². The summed E-state index contributed by atoms with van der Waals surface area (Å²) in [7, 11) is 0. The molecule has 48 heavy (non-hydrogen) atoms. The van der Waals surface area contributed by atoms with Gasteiger partial charge >= 0.3 is 5.97 Å². The molecule has 0 saturated carbocycles. The van der Waals surface area contributed by atoms with Crippen LogP contribution in [0.4, 0.5) is 5.69 Å². The minimum atomic E-state index is -1.07. The summed E-state index contributed by atoms with van der Waals surface area (Å²) in [5.41, 5.74) is 5.42. The zero-order valence-corrected chi connectivity index (χ0v) is 27.9. The molecule has 1 unspecified atom stereocenters. The summed E-state index contributed by atoms with van der Waals surface area (Å²) in [5.74, 6) is -1.81. The van der Waals surface area contributed by atoms with Crippen LogP contribution in [0.2, 0.25) is 0 Å². The van der Waals surface area contributed by atoms with E-state index in [1.807, 2.05) is 6.92 Å². The van der Waals surface area contributed by atoms with Gasteiger partial charge in [0.2, 0.25) is 6.41 Å². The second kappa shape index (κ2) is 15.9. The fraction of sp³-hybridized carbons (Fsp3) is 0.385. The lowest BCUT2D eigenvalue weighted by Gasteiger charge is -2.43. The maximum Gasteiger partial charge on any atom is 0.334 e. The number of hydrogen-bond donors (Lipinski definition) is 2. The molecule has 1 fully saturated rings. The second-order valence-corrected chi connectivity index (χ2v) is 12.8. The van der Waals surface area contributed by atoms with Crippen molar-refractivity contribution < 1.29 is 19.6 Å². The van der Waals surface area contributed by atoms with E-state index in [2.05, 4.69) is 77.8 Å². The lowest BCUT2D eigenvalue weighted by atomic mass is 9.68. The number of nitrogens with zero attached hydrogens (tertiary/aromatic N) is 3. The number of benzene rings is 3. The van der Waals surface area contributed by atoms with E-state index in [0.29, 0.717) is 42.8 Å². The number of non-ortho nitro benzene ring substituents is 1. The molecule has 1 atom stereocenters. The number of amides is 1. The quantitative estimate of drug-likeness (QED) is 0.100. The van der Waals surface area contributed by atoms with Gasteiger partial charge in [-0.2, -0.15) is 0 Å². The fourth-order valence-corrected chi connectivity index (χ4v) is 7.50. The van der Waals surface area contributed by atoms with Crippen molar-refractivity contribution in [1.29, 1.82) is 0 Å². The highest BCUT2D eigenvalue weighted by atomic mass is 16.6. The number of nitrogens with one attached hydrogen (secondary N) is 1. The Labute approximate surface area is 283 Å². The van der Waals surface area contributed by atoms with Crippen molar-refractivity contribution in [2.75, 3.05) is 26.2 Å². The summed E-state index contributed by atoms with van der Waals surface area (Å²) in [6.45, 7) is 7.12. The average molecular weight is 651 g/mol. The van der Waals surface area contributed by atoms with Crippen LogP contribution in [0.15, 0.2) is 108 Å². The van der Waals surface area contributed by atoms with Gasteiger partial charge in [-0.1, -0.05) is 99.5 Å². The molecule has 252 valence electrons. The predicted octanol–water partition coefficient (Wildman–Crippen LogP) is 7.36. The van der Waals surface area contributed by atoms with Crippen LogP contribution in [0.25, 0.3) is 0 Å². The molecule has 9 nitrogen and oxygen atoms in total. The lowest BCUT2D eigenvalue weighted by Crippen LogP contribution is -2.44. The van der Waals surface area contributed by atoms with E-state index in [9.17, 15) is 24.8 Å². The third-order valence-electron chi connectivity index (χ3n) is 9.84. The molecule has 0 radical (unpaired) electrons. The third-order valence-corrected chi connectivity index (χ3v) is 9.84. The van der Waals surface area contributed by atoms with Gasteiger partial charge in [0.15, 0.2) is 0 Å². The van der Waals surface area contributed by atoms with E-state index in [4.69, 9.17) is 0 Å². The minimum Gasteiger partial charge on any atom is -0.478 e. The summed E-state index contributed by atoms with van der Waals surface area (Å²) in [4.78, 5) is 40.8. The number of carboxylic acid groups (broad SMARTS) is 1. The number of rotatable bonds is 15. The van der Waals surface area contributed by atoms with Gasteiger partial charge < -0.3 is 20.2 Å². The van der Waals surface area contributed by atoms with Gasteiger partial charge in [0.25, 0.3) is 5.69 Å². The standard InChI is InChI=1S/C39H46N4O5/c1-3-12-33-36(38(45)46)35(29-18-20-32(21-19-29)43(47)48)37(34(40-33)13-4-2)42(28-44)25-11-24-41-26-22-39(23-27-41,30-14-7-5-8-15-30)31-16-9-6-10-17-31/h5-10,14-21,28,35,40H,3-4,11-13,22-27H2,1-2H3,(H,45,46). The van der Waals surface area contributed by atoms with Crippen LogP contribution >= 0.6 is 0 Å². The van der Waals surface area contributed by atoms with E-state index >= 15 is 0 Å². The monoisotopic (exact) mass is 650 g/mol. The van der Waals surface area contributed by atoms with Crippen molar-refractivity contribution in [3.05, 3.63) is 134 Å². The number of dihydropyridines is 1. The summed E-state index contributed by atoms with van der Waals surface area (Å²) in [6, 6.07) is 27.6. The molecule has 2 heterocycles. The highest BCUT2D eigenvalue weighted by molar-refractivity contribution is 5.91. The summed E-state index contributed by atoms with van der Waals surface area (Å²) in [6.07, 6.45) is 6.21. The highest BCUT2D eigenvalue weighted by Crippen LogP contribution is 2.43. The van der Waals surface area contributed by atoms with Gasteiger partial charge in [-0.25, -0.2) is 4.79 Å². The largest absolute Gasteiger partial charge is 0.478 e. The first kappa shape index (κ1) is 34.6. The Balaban J connectivity index is 1.37.